The summed E-state index contributed by atoms with van der Waals surface area (Å²) in [5, 5.41) is 10.9. The van der Waals surface area contributed by atoms with Crippen LogP contribution >= 0.6 is 15.9 Å². The highest BCUT2D eigenvalue weighted by Crippen LogP contribution is 2.32. The van der Waals surface area contributed by atoms with Gasteiger partial charge in [-0.3, -0.25) is 14.9 Å². The molecule has 2 N–H and O–H groups in total. The van der Waals surface area contributed by atoms with Crippen LogP contribution in [0.2, 0.25) is 0 Å². The SMILES string of the molecule is NC(=O)c1c(F)cc(Br)cc1N1CCc2ccc([N+](=O)[O-])cc2C1. The van der Waals surface area contributed by atoms with Crippen LogP contribution in [0.5, 0.6) is 0 Å². The first-order valence-electron chi connectivity index (χ1n) is 7.17. The molecule has 2 aromatic carbocycles. The number of nitrogens with zero attached hydrogens (tertiary/aromatic N) is 2. The van der Waals surface area contributed by atoms with Gasteiger partial charge in [0, 0.05) is 29.7 Å². The van der Waals surface area contributed by atoms with E-state index in [2.05, 4.69) is 15.9 Å². The molecule has 1 heterocycles. The fraction of sp³-hybridized carbons (Fsp3) is 0.188. The fourth-order valence-electron chi connectivity index (χ4n) is 2.92. The van der Waals surface area contributed by atoms with Crippen molar-refractivity contribution in [3.8, 4) is 0 Å². The van der Waals surface area contributed by atoms with Crippen molar-refractivity contribution >= 4 is 33.2 Å². The number of halogens is 2. The van der Waals surface area contributed by atoms with Gasteiger partial charge in [0.1, 0.15) is 5.82 Å². The van der Waals surface area contributed by atoms with Gasteiger partial charge in [-0.15, -0.1) is 0 Å². The first-order valence-corrected chi connectivity index (χ1v) is 7.96. The van der Waals surface area contributed by atoms with Gasteiger partial charge in [-0.1, -0.05) is 22.0 Å². The number of primary amides is 1. The van der Waals surface area contributed by atoms with E-state index in [4.69, 9.17) is 5.73 Å². The van der Waals surface area contributed by atoms with Crippen LogP contribution in [-0.4, -0.2) is 17.4 Å². The lowest BCUT2D eigenvalue weighted by Crippen LogP contribution is -2.32. The van der Waals surface area contributed by atoms with Crippen molar-refractivity contribution in [2.45, 2.75) is 13.0 Å². The number of carbonyl (C=O) groups excluding carboxylic acids is 1. The Balaban J connectivity index is 2.03. The van der Waals surface area contributed by atoms with Crippen molar-refractivity contribution < 1.29 is 14.1 Å². The van der Waals surface area contributed by atoms with Gasteiger partial charge in [-0.05, 0) is 29.7 Å². The van der Waals surface area contributed by atoms with Gasteiger partial charge >= 0.3 is 0 Å². The number of fused-ring (bicyclic) bond motifs is 1. The third kappa shape index (κ3) is 2.96. The molecule has 3 rings (SSSR count). The van der Waals surface area contributed by atoms with Crippen molar-refractivity contribution in [2.24, 2.45) is 5.73 Å². The average Bonchev–Trinajstić information content (AvgIpc) is 2.52. The number of hydrogen-bond donors (Lipinski definition) is 1. The molecule has 0 spiro atoms. The average molecular weight is 394 g/mol. The second kappa shape index (κ2) is 6.20. The van der Waals surface area contributed by atoms with Crippen LogP contribution in [0.3, 0.4) is 0 Å². The molecule has 0 aliphatic carbocycles. The monoisotopic (exact) mass is 393 g/mol. The predicted octanol–water partition coefficient (Wildman–Crippen LogP) is 3.16. The lowest BCUT2D eigenvalue weighted by atomic mass is 9.97. The molecule has 1 amide bonds. The van der Waals surface area contributed by atoms with Crippen LogP contribution in [0.15, 0.2) is 34.8 Å². The van der Waals surface area contributed by atoms with Crippen LogP contribution in [0.25, 0.3) is 0 Å². The molecule has 0 saturated heterocycles. The topological polar surface area (TPSA) is 89.5 Å². The Bertz CT molecular complexity index is 857. The van der Waals surface area contributed by atoms with E-state index in [1.165, 1.54) is 18.2 Å². The number of non-ortho nitro benzene ring substituents is 1. The maximum atomic E-state index is 14.1. The number of nitro benzene ring substituents is 1. The number of anilines is 1. The molecule has 0 bridgehead atoms. The van der Waals surface area contributed by atoms with Crippen LogP contribution in [0.4, 0.5) is 15.8 Å². The Morgan fingerprint density at radius 1 is 1.29 bits per heavy atom. The van der Waals surface area contributed by atoms with E-state index in [-0.39, 0.29) is 11.3 Å². The summed E-state index contributed by atoms with van der Waals surface area (Å²) in [6, 6.07) is 7.54. The third-order valence-electron chi connectivity index (χ3n) is 4.03. The van der Waals surface area contributed by atoms with E-state index in [0.717, 1.165) is 11.1 Å². The summed E-state index contributed by atoms with van der Waals surface area (Å²) in [4.78, 5) is 23.9. The Labute approximate surface area is 145 Å². The fourth-order valence-corrected chi connectivity index (χ4v) is 3.33. The number of nitro groups is 1. The number of nitrogens with two attached hydrogens (primary N) is 1. The van der Waals surface area contributed by atoms with E-state index in [1.807, 2.05) is 0 Å². The minimum Gasteiger partial charge on any atom is -0.366 e. The Morgan fingerprint density at radius 3 is 2.71 bits per heavy atom. The molecule has 0 aromatic heterocycles. The van der Waals surface area contributed by atoms with Gasteiger partial charge < -0.3 is 10.6 Å². The van der Waals surface area contributed by atoms with Crippen molar-refractivity contribution in [1.29, 1.82) is 0 Å². The molecule has 0 saturated carbocycles. The predicted molar refractivity (Wildman–Crippen MR) is 90.5 cm³/mol. The first kappa shape index (κ1) is 16.4. The highest BCUT2D eigenvalue weighted by atomic mass is 79.9. The standard InChI is InChI=1S/C16H13BrFN3O3/c17-11-6-13(18)15(16(19)22)14(7-11)20-4-3-9-1-2-12(21(23)24)5-10(9)8-20/h1-2,5-7H,3-4,8H2,(H2,19,22). The first-order chi connectivity index (χ1) is 11.4. The molecular formula is C16H13BrFN3O3. The van der Waals surface area contributed by atoms with Crippen LogP contribution in [0.1, 0.15) is 21.5 Å². The summed E-state index contributed by atoms with van der Waals surface area (Å²) in [5.74, 6) is -1.54. The normalized spacial score (nSPS) is 13.5. The number of amides is 1. The highest BCUT2D eigenvalue weighted by molar-refractivity contribution is 9.10. The van der Waals surface area contributed by atoms with Crippen LogP contribution in [-0.2, 0) is 13.0 Å². The minimum absolute atomic E-state index is 0.00569. The molecule has 8 heteroatoms. The smallest absolute Gasteiger partial charge is 0.269 e. The number of benzene rings is 2. The molecule has 24 heavy (non-hydrogen) atoms. The van der Waals surface area contributed by atoms with E-state index in [1.54, 1.807) is 17.0 Å². The molecule has 0 unspecified atom stereocenters. The quantitative estimate of drug-likeness (QED) is 0.640. The van der Waals surface area contributed by atoms with Gasteiger partial charge in [0.15, 0.2) is 0 Å². The zero-order valence-electron chi connectivity index (χ0n) is 12.5. The van der Waals surface area contributed by atoms with Crippen molar-refractivity contribution in [2.75, 3.05) is 11.4 Å². The second-order valence-corrected chi connectivity index (χ2v) is 6.44. The Hall–Kier alpha value is -2.48. The van der Waals surface area contributed by atoms with E-state index in [0.29, 0.717) is 29.7 Å². The van der Waals surface area contributed by atoms with Gasteiger partial charge in [-0.2, -0.15) is 0 Å². The molecule has 0 fully saturated rings. The maximum absolute atomic E-state index is 14.1. The van der Waals surface area contributed by atoms with Gasteiger partial charge in [-0.25, -0.2) is 4.39 Å². The number of rotatable bonds is 3. The molecule has 0 atom stereocenters. The minimum atomic E-state index is -0.847. The van der Waals surface area contributed by atoms with Gasteiger partial charge in [0.25, 0.3) is 11.6 Å². The third-order valence-corrected chi connectivity index (χ3v) is 4.49. The molecule has 1 aliphatic rings. The van der Waals surface area contributed by atoms with Crippen molar-refractivity contribution in [1.82, 2.24) is 0 Å². The summed E-state index contributed by atoms with van der Waals surface area (Å²) < 4.78 is 14.6. The number of carbonyl (C=O) groups is 1. The van der Waals surface area contributed by atoms with E-state index >= 15 is 0 Å². The lowest BCUT2D eigenvalue weighted by Gasteiger charge is -2.32. The van der Waals surface area contributed by atoms with E-state index < -0.39 is 16.6 Å². The molecule has 1 aliphatic heterocycles. The Morgan fingerprint density at radius 2 is 2.04 bits per heavy atom. The largest absolute Gasteiger partial charge is 0.366 e. The Kier molecular flexibility index (Phi) is 4.23. The van der Waals surface area contributed by atoms with Crippen molar-refractivity contribution in [3.05, 3.63) is 67.4 Å². The summed E-state index contributed by atoms with van der Waals surface area (Å²) in [6.07, 6.45) is 0.639. The van der Waals surface area contributed by atoms with Crippen LogP contribution in [0, 0.1) is 15.9 Å². The molecule has 6 nitrogen and oxygen atoms in total. The molecule has 2 aromatic rings. The summed E-state index contributed by atoms with van der Waals surface area (Å²) in [7, 11) is 0. The van der Waals surface area contributed by atoms with Gasteiger partial charge in [0.2, 0.25) is 0 Å². The molecular weight excluding hydrogens is 381 g/mol. The highest BCUT2D eigenvalue weighted by Gasteiger charge is 2.24. The molecule has 0 radical (unpaired) electrons. The number of hydrogen-bond acceptors (Lipinski definition) is 4. The second-order valence-electron chi connectivity index (χ2n) is 5.53. The maximum Gasteiger partial charge on any atom is 0.269 e. The lowest BCUT2D eigenvalue weighted by molar-refractivity contribution is -0.384. The molecule has 124 valence electrons. The van der Waals surface area contributed by atoms with Crippen LogP contribution < -0.4 is 10.6 Å². The summed E-state index contributed by atoms with van der Waals surface area (Å²) in [5.41, 5.74) is 7.32. The zero-order valence-corrected chi connectivity index (χ0v) is 14.0. The van der Waals surface area contributed by atoms with Gasteiger partial charge in [0.05, 0.1) is 16.2 Å². The summed E-state index contributed by atoms with van der Waals surface area (Å²) in [6.45, 7) is 0.897. The zero-order chi connectivity index (χ0) is 17.4. The van der Waals surface area contributed by atoms with E-state index in [9.17, 15) is 19.3 Å². The van der Waals surface area contributed by atoms with Crippen molar-refractivity contribution in [3.63, 3.8) is 0 Å². The summed E-state index contributed by atoms with van der Waals surface area (Å²) >= 11 is 3.22.